The van der Waals surface area contributed by atoms with E-state index >= 15 is 0 Å². The lowest BCUT2D eigenvalue weighted by molar-refractivity contribution is -0.120. The number of anilines is 1. The van der Waals surface area contributed by atoms with Gasteiger partial charge in [0.25, 0.3) is 0 Å². The molecule has 4 nitrogen and oxygen atoms in total. The number of carbonyl (C=O) groups is 2. The zero-order valence-corrected chi connectivity index (χ0v) is 13.6. The van der Waals surface area contributed by atoms with E-state index in [9.17, 15) is 9.59 Å². The van der Waals surface area contributed by atoms with Crippen LogP contribution in [0.5, 0.6) is 0 Å². The SMILES string of the molecule is Cc1ccc(-c2ccc(N3CCC(=O)NC3=O)c(C)c2)cc1C. The number of rotatable bonds is 2. The number of urea groups is 1. The molecule has 3 rings (SSSR count). The Labute approximate surface area is 136 Å². The molecule has 0 saturated carbocycles. The molecule has 0 spiro atoms. The summed E-state index contributed by atoms with van der Waals surface area (Å²) in [6, 6.07) is 12.1. The first-order chi connectivity index (χ1) is 11.0. The Kier molecular flexibility index (Phi) is 3.90. The number of nitrogens with zero attached hydrogens (tertiary/aromatic N) is 1. The predicted octanol–water partition coefficient (Wildman–Crippen LogP) is 3.73. The molecule has 1 aliphatic rings. The van der Waals surface area contributed by atoms with E-state index in [1.54, 1.807) is 4.90 Å². The van der Waals surface area contributed by atoms with Crippen LogP contribution in [0.2, 0.25) is 0 Å². The minimum Gasteiger partial charge on any atom is -0.293 e. The summed E-state index contributed by atoms with van der Waals surface area (Å²) in [5.74, 6) is -0.212. The van der Waals surface area contributed by atoms with Crippen LogP contribution in [0.4, 0.5) is 10.5 Å². The minimum absolute atomic E-state index is 0.212. The second-order valence-corrected chi connectivity index (χ2v) is 6.06. The second-order valence-electron chi connectivity index (χ2n) is 6.06. The van der Waals surface area contributed by atoms with Crippen molar-refractivity contribution in [3.8, 4) is 11.1 Å². The van der Waals surface area contributed by atoms with Crippen LogP contribution in [0.15, 0.2) is 36.4 Å². The Morgan fingerprint density at radius 3 is 2.13 bits per heavy atom. The van der Waals surface area contributed by atoms with Gasteiger partial charge in [-0.2, -0.15) is 0 Å². The van der Waals surface area contributed by atoms with E-state index in [2.05, 4.69) is 43.4 Å². The smallest absolute Gasteiger partial charge is 0.293 e. The molecular formula is C19H20N2O2. The average molecular weight is 308 g/mol. The van der Waals surface area contributed by atoms with Crippen LogP contribution in [-0.4, -0.2) is 18.5 Å². The highest BCUT2D eigenvalue weighted by atomic mass is 16.2. The van der Waals surface area contributed by atoms with E-state index in [0.717, 1.165) is 16.8 Å². The first-order valence-corrected chi connectivity index (χ1v) is 7.75. The molecule has 0 bridgehead atoms. The monoisotopic (exact) mass is 308 g/mol. The van der Waals surface area contributed by atoms with Gasteiger partial charge in [-0.3, -0.25) is 15.0 Å². The molecule has 1 fully saturated rings. The van der Waals surface area contributed by atoms with Crippen LogP contribution in [-0.2, 0) is 4.79 Å². The van der Waals surface area contributed by atoms with Gasteiger partial charge < -0.3 is 0 Å². The third-order valence-electron chi connectivity index (χ3n) is 4.38. The Morgan fingerprint density at radius 2 is 1.52 bits per heavy atom. The summed E-state index contributed by atoms with van der Waals surface area (Å²) < 4.78 is 0. The molecule has 118 valence electrons. The molecule has 1 saturated heterocycles. The number of carbonyl (C=O) groups excluding carboxylic acids is 2. The van der Waals surface area contributed by atoms with Crippen molar-refractivity contribution in [3.63, 3.8) is 0 Å². The fourth-order valence-electron chi connectivity index (χ4n) is 2.85. The highest BCUT2D eigenvalue weighted by molar-refractivity contribution is 6.06. The van der Waals surface area contributed by atoms with Crippen LogP contribution < -0.4 is 10.2 Å². The summed E-state index contributed by atoms with van der Waals surface area (Å²) >= 11 is 0. The number of hydrogen-bond acceptors (Lipinski definition) is 2. The summed E-state index contributed by atoms with van der Waals surface area (Å²) in [5, 5.41) is 2.36. The molecule has 0 aliphatic carbocycles. The van der Waals surface area contributed by atoms with Gasteiger partial charge in [0.2, 0.25) is 5.91 Å². The number of imide groups is 1. The van der Waals surface area contributed by atoms with Gasteiger partial charge in [-0.1, -0.05) is 24.3 Å². The summed E-state index contributed by atoms with van der Waals surface area (Å²) in [7, 11) is 0. The maximum absolute atomic E-state index is 12.0. The Hall–Kier alpha value is -2.62. The van der Waals surface area contributed by atoms with Crippen molar-refractivity contribution >= 4 is 17.6 Å². The van der Waals surface area contributed by atoms with Crippen LogP contribution in [0, 0.1) is 20.8 Å². The largest absolute Gasteiger partial charge is 0.328 e. The predicted molar refractivity (Wildman–Crippen MR) is 91.6 cm³/mol. The van der Waals surface area contributed by atoms with Gasteiger partial charge in [0.1, 0.15) is 0 Å². The molecule has 23 heavy (non-hydrogen) atoms. The fourth-order valence-corrected chi connectivity index (χ4v) is 2.85. The molecule has 0 radical (unpaired) electrons. The van der Waals surface area contributed by atoms with E-state index in [1.807, 2.05) is 19.1 Å². The molecule has 2 aromatic rings. The molecule has 0 unspecified atom stereocenters. The molecular weight excluding hydrogens is 288 g/mol. The van der Waals surface area contributed by atoms with Crippen molar-refractivity contribution in [2.75, 3.05) is 11.4 Å². The third kappa shape index (κ3) is 2.97. The quantitative estimate of drug-likeness (QED) is 0.919. The molecule has 4 heteroatoms. The molecule has 0 atom stereocenters. The third-order valence-corrected chi connectivity index (χ3v) is 4.38. The van der Waals surface area contributed by atoms with Gasteiger partial charge >= 0.3 is 6.03 Å². The molecule has 0 aromatic heterocycles. The average Bonchev–Trinajstić information content (AvgIpc) is 2.51. The molecule has 3 amide bonds. The molecule has 1 heterocycles. The lowest BCUT2D eigenvalue weighted by atomic mass is 9.98. The maximum atomic E-state index is 12.0. The van der Waals surface area contributed by atoms with Crippen molar-refractivity contribution in [1.82, 2.24) is 5.32 Å². The van der Waals surface area contributed by atoms with Crippen LogP contribution in [0.1, 0.15) is 23.1 Å². The molecule has 2 aromatic carbocycles. The van der Waals surface area contributed by atoms with Crippen LogP contribution >= 0.6 is 0 Å². The number of amides is 3. The lowest BCUT2D eigenvalue weighted by Gasteiger charge is -2.28. The van der Waals surface area contributed by atoms with E-state index in [4.69, 9.17) is 0 Å². The first kappa shape index (κ1) is 15.3. The van der Waals surface area contributed by atoms with Crippen molar-refractivity contribution in [2.24, 2.45) is 0 Å². The van der Waals surface area contributed by atoms with Gasteiger partial charge in [-0.05, 0) is 60.7 Å². The highest BCUT2D eigenvalue weighted by Gasteiger charge is 2.25. The van der Waals surface area contributed by atoms with Crippen molar-refractivity contribution < 1.29 is 9.59 Å². The van der Waals surface area contributed by atoms with Crippen molar-refractivity contribution in [2.45, 2.75) is 27.2 Å². The zero-order valence-electron chi connectivity index (χ0n) is 13.6. The Balaban J connectivity index is 1.93. The van der Waals surface area contributed by atoms with Gasteiger partial charge in [-0.15, -0.1) is 0 Å². The van der Waals surface area contributed by atoms with Gasteiger partial charge in [0, 0.05) is 18.7 Å². The first-order valence-electron chi connectivity index (χ1n) is 7.75. The second kappa shape index (κ2) is 5.88. The standard InChI is InChI=1S/C19H20N2O2/c1-12-4-5-15(10-13(12)2)16-6-7-17(14(3)11-16)21-9-8-18(22)20-19(21)23/h4-7,10-11H,8-9H2,1-3H3,(H,20,22,23). The van der Waals surface area contributed by atoms with Gasteiger partial charge in [0.05, 0.1) is 0 Å². The van der Waals surface area contributed by atoms with Crippen molar-refractivity contribution in [3.05, 3.63) is 53.1 Å². The molecule has 1 N–H and O–H groups in total. The Morgan fingerprint density at radius 1 is 0.870 bits per heavy atom. The van der Waals surface area contributed by atoms with E-state index in [0.29, 0.717) is 13.0 Å². The van der Waals surface area contributed by atoms with Gasteiger partial charge in [-0.25, -0.2) is 4.79 Å². The van der Waals surface area contributed by atoms with Crippen molar-refractivity contribution in [1.29, 1.82) is 0 Å². The van der Waals surface area contributed by atoms with E-state index in [1.165, 1.54) is 16.7 Å². The summed E-state index contributed by atoms with van der Waals surface area (Å²) in [4.78, 5) is 24.9. The fraction of sp³-hybridized carbons (Fsp3) is 0.263. The number of aryl methyl sites for hydroxylation is 3. The maximum Gasteiger partial charge on any atom is 0.328 e. The Bertz CT molecular complexity index is 796. The topological polar surface area (TPSA) is 49.4 Å². The van der Waals surface area contributed by atoms with Crippen LogP contribution in [0.3, 0.4) is 0 Å². The van der Waals surface area contributed by atoms with E-state index < -0.39 is 0 Å². The molecule has 1 aliphatic heterocycles. The normalized spacial score (nSPS) is 14.8. The van der Waals surface area contributed by atoms with E-state index in [-0.39, 0.29) is 11.9 Å². The summed E-state index contributed by atoms with van der Waals surface area (Å²) in [6.07, 6.45) is 0.337. The lowest BCUT2D eigenvalue weighted by Crippen LogP contribution is -2.49. The van der Waals surface area contributed by atoms with Crippen LogP contribution in [0.25, 0.3) is 11.1 Å². The number of nitrogens with one attached hydrogen (secondary N) is 1. The number of hydrogen-bond donors (Lipinski definition) is 1. The highest BCUT2D eigenvalue weighted by Crippen LogP contribution is 2.29. The summed E-state index contributed by atoms with van der Waals surface area (Å²) in [5.41, 5.74) is 6.70. The summed E-state index contributed by atoms with van der Waals surface area (Å²) in [6.45, 7) is 6.62. The zero-order chi connectivity index (χ0) is 16.6. The number of benzene rings is 2. The minimum atomic E-state index is -0.344. The van der Waals surface area contributed by atoms with Gasteiger partial charge in [0.15, 0.2) is 0 Å².